The molecule has 1 unspecified atom stereocenters. The number of aliphatic carboxylic acids is 1. The molecule has 0 aliphatic rings. The molecule has 5 nitrogen and oxygen atoms in total. The van der Waals surface area contributed by atoms with Gasteiger partial charge in [-0.15, -0.1) is 0 Å². The summed E-state index contributed by atoms with van der Waals surface area (Å²) in [5.74, 6) is 0.0445. The lowest BCUT2D eigenvalue weighted by molar-refractivity contribution is -0.142. The van der Waals surface area contributed by atoms with Crippen molar-refractivity contribution in [3.8, 4) is 0 Å². The zero-order chi connectivity index (χ0) is 13.3. The number of hydrogen-bond donors (Lipinski definition) is 1. The molecule has 1 atom stereocenters. The molecule has 0 amide bonds. The average molecular weight is 247 g/mol. The number of rotatable bonds is 4. The van der Waals surface area contributed by atoms with Gasteiger partial charge in [-0.3, -0.25) is 9.69 Å². The van der Waals surface area contributed by atoms with Crippen molar-refractivity contribution < 1.29 is 9.90 Å². The predicted octanol–water partition coefficient (Wildman–Crippen LogP) is 1.48. The Bertz CT molecular complexity index is 577. The first-order chi connectivity index (χ1) is 8.50. The Kier molecular flexibility index (Phi) is 3.34. The number of hydrogen-bond acceptors (Lipinski definition) is 3. The summed E-state index contributed by atoms with van der Waals surface area (Å²) < 4.78 is 2.00. The first kappa shape index (κ1) is 12.6. The van der Waals surface area contributed by atoms with Gasteiger partial charge >= 0.3 is 5.97 Å². The molecule has 0 saturated carbocycles. The number of imidazole rings is 1. The lowest BCUT2D eigenvalue weighted by Crippen LogP contribution is -2.35. The number of carboxylic acid groups (broad SMARTS) is 1. The second kappa shape index (κ2) is 4.78. The molecule has 1 aromatic carbocycles. The highest BCUT2D eigenvalue weighted by Crippen LogP contribution is 2.15. The van der Waals surface area contributed by atoms with Crippen LogP contribution in [0, 0.1) is 0 Å². The van der Waals surface area contributed by atoms with Crippen LogP contribution in [0.3, 0.4) is 0 Å². The minimum absolute atomic E-state index is 0.513. The maximum absolute atomic E-state index is 10.9. The Balaban J connectivity index is 2.27. The highest BCUT2D eigenvalue weighted by atomic mass is 16.4. The third-order valence-corrected chi connectivity index (χ3v) is 3.29. The van der Waals surface area contributed by atoms with Gasteiger partial charge in [0.1, 0.15) is 11.9 Å². The van der Waals surface area contributed by atoms with Gasteiger partial charge in [0.15, 0.2) is 0 Å². The third kappa shape index (κ3) is 2.22. The van der Waals surface area contributed by atoms with Crippen molar-refractivity contribution >= 4 is 17.0 Å². The predicted molar refractivity (Wildman–Crippen MR) is 69.3 cm³/mol. The van der Waals surface area contributed by atoms with Crippen LogP contribution in [-0.4, -0.2) is 38.6 Å². The fourth-order valence-corrected chi connectivity index (χ4v) is 1.89. The molecule has 0 fully saturated rings. The number of para-hydroxylation sites is 2. The number of benzene rings is 1. The maximum Gasteiger partial charge on any atom is 0.320 e. The maximum atomic E-state index is 10.9. The molecule has 0 aliphatic heterocycles. The van der Waals surface area contributed by atoms with Crippen molar-refractivity contribution in [3.63, 3.8) is 0 Å². The van der Waals surface area contributed by atoms with E-state index >= 15 is 0 Å². The molecule has 0 saturated heterocycles. The van der Waals surface area contributed by atoms with E-state index in [0.29, 0.717) is 6.54 Å². The van der Waals surface area contributed by atoms with Crippen LogP contribution in [0.5, 0.6) is 0 Å². The number of fused-ring (bicyclic) bond motifs is 1. The largest absolute Gasteiger partial charge is 0.480 e. The van der Waals surface area contributed by atoms with E-state index in [1.807, 2.05) is 35.9 Å². The number of aromatic nitrogens is 2. The molecule has 2 aromatic rings. The molecule has 18 heavy (non-hydrogen) atoms. The van der Waals surface area contributed by atoms with Gasteiger partial charge in [0.05, 0.1) is 17.6 Å². The fraction of sp³-hybridized carbons (Fsp3) is 0.385. The van der Waals surface area contributed by atoms with E-state index in [1.165, 1.54) is 0 Å². The van der Waals surface area contributed by atoms with E-state index in [0.717, 1.165) is 16.9 Å². The number of likely N-dealkylation sites (N-methyl/N-ethyl adjacent to an activating group) is 1. The van der Waals surface area contributed by atoms with E-state index in [2.05, 4.69) is 4.98 Å². The normalized spacial score (nSPS) is 13.1. The van der Waals surface area contributed by atoms with Gasteiger partial charge in [-0.2, -0.15) is 0 Å². The molecule has 0 aliphatic carbocycles. The van der Waals surface area contributed by atoms with Crippen LogP contribution in [0.1, 0.15) is 12.7 Å². The van der Waals surface area contributed by atoms with Gasteiger partial charge in [0, 0.05) is 7.05 Å². The van der Waals surface area contributed by atoms with E-state index in [1.54, 1.807) is 18.9 Å². The highest BCUT2D eigenvalue weighted by molar-refractivity contribution is 5.76. The van der Waals surface area contributed by atoms with E-state index in [-0.39, 0.29) is 0 Å². The van der Waals surface area contributed by atoms with Gasteiger partial charge in [0.25, 0.3) is 0 Å². The lowest BCUT2D eigenvalue weighted by atomic mass is 10.3. The molecule has 5 heteroatoms. The molecule has 0 radical (unpaired) electrons. The number of nitrogens with zero attached hydrogens (tertiary/aromatic N) is 3. The summed E-state index contributed by atoms with van der Waals surface area (Å²) in [6.07, 6.45) is 0. The van der Waals surface area contributed by atoms with Crippen molar-refractivity contribution in [2.24, 2.45) is 7.05 Å². The van der Waals surface area contributed by atoms with Crippen LogP contribution in [0.25, 0.3) is 11.0 Å². The van der Waals surface area contributed by atoms with Crippen LogP contribution >= 0.6 is 0 Å². The lowest BCUT2D eigenvalue weighted by Gasteiger charge is -2.20. The summed E-state index contributed by atoms with van der Waals surface area (Å²) in [6, 6.07) is 7.36. The van der Waals surface area contributed by atoms with Crippen LogP contribution in [0.4, 0.5) is 0 Å². The Hall–Kier alpha value is -1.88. The topological polar surface area (TPSA) is 58.4 Å². The number of carboxylic acids is 1. The van der Waals surface area contributed by atoms with Crippen LogP contribution in [-0.2, 0) is 18.4 Å². The highest BCUT2D eigenvalue weighted by Gasteiger charge is 2.18. The van der Waals surface area contributed by atoms with Gasteiger partial charge in [-0.1, -0.05) is 12.1 Å². The van der Waals surface area contributed by atoms with Gasteiger partial charge < -0.3 is 9.67 Å². The van der Waals surface area contributed by atoms with Gasteiger partial charge in [-0.25, -0.2) is 4.98 Å². The van der Waals surface area contributed by atoms with Crippen LogP contribution in [0.15, 0.2) is 24.3 Å². The molecule has 96 valence electrons. The van der Waals surface area contributed by atoms with E-state index in [4.69, 9.17) is 5.11 Å². The third-order valence-electron chi connectivity index (χ3n) is 3.29. The average Bonchev–Trinajstić information content (AvgIpc) is 2.66. The molecule has 0 bridgehead atoms. The van der Waals surface area contributed by atoms with Gasteiger partial charge in [-0.05, 0) is 26.1 Å². The van der Waals surface area contributed by atoms with Gasteiger partial charge in [0.2, 0.25) is 0 Å². The van der Waals surface area contributed by atoms with Crippen molar-refractivity contribution in [1.29, 1.82) is 0 Å². The first-order valence-corrected chi connectivity index (χ1v) is 5.84. The molecule has 1 heterocycles. The van der Waals surface area contributed by atoms with Crippen molar-refractivity contribution in [2.75, 3.05) is 7.05 Å². The standard InChI is InChI=1S/C13H17N3O2/c1-9(13(17)18)15(2)8-12-14-10-6-4-5-7-11(10)16(12)3/h4-7,9H,8H2,1-3H3,(H,17,18). The smallest absolute Gasteiger partial charge is 0.320 e. The fourth-order valence-electron chi connectivity index (χ4n) is 1.89. The minimum Gasteiger partial charge on any atom is -0.480 e. The second-order valence-corrected chi connectivity index (χ2v) is 4.51. The van der Waals surface area contributed by atoms with Crippen LogP contribution < -0.4 is 0 Å². The summed E-state index contributed by atoms with van der Waals surface area (Å²) in [7, 11) is 3.74. The van der Waals surface area contributed by atoms with Crippen LogP contribution in [0.2, 0.25) is 0 Å². The quantitative estimate of drug-likeness (QED) is 0.889. The van der Waals surface area contributed by atoms with E-state index < -0.39 is 12.0 Å². The number of carbonyl (C=O) groups is 1. The van der Waals surface area contributed by atoms with Crippen molar-refractivity contribution in [3.05, 3.63) is 30.1 Å². The Morgan fingerprint density at radius 2 is 2.17 bits per heavy atom. The molecule has 1 N–H and O–H groups in total. The Morgan fingerprint density at radius 1 is 1.50 bits per heavy atom. The minimum atomic E-state index is -0.823. The van der Waals surface area contributed by atoms with E-state index in [9.17, 15) is 4.79 Å². The summed E-state index contributed by atoms with van der Waals surface area (Å²) in [5, 5.41) is 8.97. The molecule has 0 spiro atoms. The molecule has 2 rings (SSSR count). The summed E-state index contributed by atoms with van der Waals surface area (Å²) in [6.45, 7) is 2.18. The molecular weight excluding hydrogens is 230 g/mol. The monoisotopic (exact) mass is 247 g/mol. The molecule has 1 aromatic heterocycles. The Morgan fingerprint density at radius 3 is 2.78 bits per heavy atom. The summed E-state index contributed by atoms with van der Waals surface area (Å²) in [4.78, 5) is 17.2. The second-order valence-electron chi connectivity index (χ2n) is 4.51. The number of aryl methyl sites for hydroxylation is 1. The summed E-state index contributed by atoms with van der Waals surface area (Å²) >= 11 is 0. The summed E-state index contributed by atoms with van der Waals surface area (Å²) in [5.41, 5.74) is 2.00. The Labute approximate surface area is 106 Å². The van der Waals surface area contributed by atoms with Crippen molar-refractivity contribution in [1.82, 2.24) is 14.5 Å². The SMILES string of the molecule is CC(C(=O)O)N(C)Cc1nc2ccccc2n1C. The zero-order valence-electron chi connectivity index (χ0n) is 10.8. The zero-order valence-corrected chi connectivity index (χ0v) is 10.8. The molecular formula is C13H17N3O2. The van der Waals surface area contributed by atoms with Crippen molar-refractivity contribution in [2.45, 2.75) is 19.5 Å². The first-order valence-electron chi connectivity index (χ1n) is 5.84.